The average Bonchev–Trinajstić information content (AvgIpc) is 3.53. The number of benzene rings is 2. The summed E-state index contributed by atoms with van der Waals surface area (Å²) in [7, 11) is 5.47. The van der Waals surface area contributed by atoms with Crippen molar-refractivity contribution in [3.05, 3.63) is 47.5 Å². The van der Waals surface area contributed by atoms with Crippen LogP contribution in [0, 0.1) is 11.3 Å². The van der Waals surface area contributed by atoms with Gasteiger partial charge in [0.05, 0.1) is 11.6 Å². The van der Waals surface area contributed by atoms with Crippen LogP contribution in [0.15, 0.2) is 36.4 Å². The molecular weight excluding hydrogens is 497 g/mol. The van der Waals surface area contributed by atoms with Gasteiger partial charge in [-0.3, -0.25) is 14.4 Å². The Bertz CT molecular complexity index is 1270. The summed E-state index contributed by atoms with van der Waals surface area (Å²) in [5.74, 6) is -4.65. The largest absolute Gasteiger partial charge is 0.573 e. The van der Waals surface area contributed by atoms with Gasteiger partial charge in [-0.25, -0.2) is 0 Å². The minimum absolute atomic E-state index is 0.0304. The van der Waals surface area contributed by atoms with Crippen molar-refractivity contribution in [2.45, 2.75) is 30.9 Å². The normalized spacial score (nSPS) is 14.2. The molecule has 0 heterocycles. The first-order valence-corrected chi connectivity index (χ1v) is 9.85. The summed E-state index contributed by atoms with van der Waals surface area (Å²) in [6.45, 7) is 0. The molecule has 3 amide bonds. The molecule has 8 nitrogen and oxygen atoms in total. The molecule has 1 saturated carbocycles. The Morgan fingerprint density at radius 3 is 2.22 bits per heavy atom. The topological polar surface area (TPSA) is 120 Å². The van der Waals surface area contributed by atoms with E-state index < -0.39 is 58.3 Å². The smallest absolute Gasteiger partial charge is 0.406 e. The molecule has 1 aliphatic rings. The van der Waals surface area contributed by atoms with Crippen LogP contribution in [0.5, 0.6) is 5.75 Å². The maximum Gasteiger partial charge on any atom is 0.573 e. The molecular formula is C21H13BF6N4O4. The van der Waals surface area contributed by atoms with E-state index in [-0.39, 0.29) is 17.3 Å². The van der Waals surface area contributed by atoms with Crippen molar-refractivity contribution in [2.75, 3.05) is 10.6 Å². The Balaban J connectivity index is 1.80. The third-order valence-corrected chi connectivity index (χ3v) is 4.83. The number of carbonyl (C=O) groups is 3. The maximum atomic E-state index is 13.5. The monoisotopic (exact) mass is 510 g/mol. The Morgan fingerprint density at radius 2 is 1.67 bits per heavy atom. The predicted molar refractivity (Wildman–Crippen MR) is 112 cm³/mol. The summed E-state index contributed by atoms with van der Waals surface area (Å²) < 4.78 is 81.2. The van der Waals surface area contributed by atoms with Gasteiger partial charge in [-0.05, 0) is 43.2 Å². The van der Waals surface area contributed by atoms with Crippen molar-refractivity contribution < 1.29 is 45.5 Å². The van der Waals surface area contributed by atoms with Gasteiger partial charge in [-0.1, -0.05) is 11.5 Å². The first-order valence-electron chi connectivity index (χ1n) is 9.85. The second kappa shape index (κ2) is 9.44. The molecule has 3 N–H and O–H groups in total. The van der Waals surface area contributed by atoms with Gasteiger partial charge < -0.3 is 20.7 Å². The molecule has 3 rings (SSSR count). The minimum atomic E-state index is -5.28. The van der Waals surface area contributed by atoms with Gasteiger partial charge >= 0.3 is 24.4 Å². The van der Waals surface area contributed by atoms with E-state index in [2.05, 4.69) is 15.4 Å². The van der Waals surface area contributed by atoms with Gasteiger partial charge in [-0.2, -0.15) is 18.4 Å². The molecule has 1 aliphatic carbocycles. The molecule has 0 aromatic heterocycles. The van der Waals surface area contributed by atoms with Crippen molar-refractivity contribution >= 4 is 42.4 Å². The Hall–Kier alpha value is -4.22. The van der Waals surface area contributed by atoms with Crippen LogP contribution in [-0.4, -0.2) is 37.5 Å². The Morgan fingerprint density at radius 1 is 1.00 bits per heavy atom. The van der Waals surface area contributed by atoms with Gasteiger partial charge in [0.2, 0.25) is 0 Å². The van der Waals surface area contributed by atoms with E-state index in [1.165, 1.54) is 12.1 Å². The van der Waals surface area contributed by atoms with E-state index in [1.54, 1.807) is 0 Å². The second-order valence-corrected chi connectivity index (χ2v) is 7.62. The fourth-order valence-corrected chi connectivity index (χ4v) is 2.97. The molecule has 0 atom stereocenters. The van der Waals surface area contributed by atoms with Crippen LogP contribution >= 0.6 is 0 Å². The molecule has 1 fully saturated rings. The maximum absolute atomic E-state index is 13.5. The summed E-state index contributed by atoms with van der Waals surface area (Å²) in [5.41, 5.74) is -5.03. The van der Waals surface area contributed by atoms with Crippen LogP contribution in [0.1, 0.15) is 28.8 Å². The van der Waals surface area contributed by atoms with Gasteiger partial charge in [0, 0.05) is 16.9 Å². The predicted octanol–water partition coefficient (Wildman–Crippen LogP) is 2.76. The molecule has 0 spiro atoms. The van der Waals surface area contributed by atoms with Crippen LogP contribution in [-0.2, 0) is 15.8 Å². The number of amides is 3. The molecule has 0 bridgehead atoms. The number of nitriles is 1. The van der Waals surface area contributed by atoms with E-state index >= 15 is 0 Å². The number of halogens is 6. The zero-order chi connectivity index (χ0) is 26.9. The molecule has 2 aromatic rings. The lowest BCUT2D eigenvalue weighted by molar-refractivity contribution is -0.274. The number of anilines is 2. The van der Waals surface area contributed by atoms with E-state index in [4.69, 9.17) is 13.1 Å². The van der Waals surface area contributed by atoms with Gasteiger partial charge in [0.15, 0.2) is 0 Å². The van der Waals surface area contributed by atoms with Crippen LogP contribution in [0.2, 0.25) is 0 Å². The lowest BCUT2D eigenvalue weighted by Crippen LogP contribution is -2.42. The molecule has 0 unspecified atom stereocenters. The number of carbonyl (C=O) groups excluding carboxylic acids is 3. The second-order valence-electron chi connectivity index (χ2n) is 7.62. The van der Waals surface area contributed by atoms with Gasteiger partial charge in [0.25, 0.3) is 5.91 Å². The van der Waals surface area contributed by atoms with E-state index in [9.17, 15) is 40.7 Å². The van der Waals surface area contributed by atoms with Crippen molar-refractivity contribution in [3.63, 3.8) is 0 Å². The highest BCUT2D eigenvalue weighted by atomic mass is 19.4. The fourth-order valence-electron chi connectivity index (χ4n) is 2.97. The first kappa shape index (κ1) is 26.4. The number of hydrogen-bond donors (Lipinski definition) is 3. The zero-order valence-electron chi connectivity index (χ0n) is 17.8. The molecule has 15 heteroatoms. The van der Waals surface area contributed by atoms with Gasteiger partial charge in [-0.15, -0.1) is 13.2 Å². The summed E-state index contributed by atoms with van der Waals surface area (Å²) >= 11 is 0. The molecule has 2 radical (unpaired) electrons. The zero-order valence-corrected chi connectivity index (χ0v) is 17.8. The summed E-state index contributed by atoms with van der Waals surface area (Å²) in [6, 6.07) is 7.06. The van der Waals surface area contributed by atoms with Crippen molar-refractivity contribution in [1.82, 2.24) is 5.32 Å². The molecule has 0 aliphatic heterocycles. The lowest BCUT2D eigenvalue weighted by Gasteiger charge is -2.19. The third-order valence-electron chi connectivity index (χ3n) is 4.83. The lowest BCUT2D eigenvalue weighted by atomic mass is 9.90. The third kappa shape index (κ3) is 6.46. The number of ether oxygens (including phenoxy) is 1. The highest BCUT2D eigenvalue weighted by Crippen LogP contribution is 2.37. The molecule has 0 saturated heterocycles. The summed E-state index contributed by atoms with van der Waals surface area (Å²) in [6.07, 6.45) is -9.74. The van der Waals surface area contributed by atoms with Crippen LogP contribution < -0.4 is 26.2 Å². The minimum Gasteiger partial charge on any atom is -0.406 e. The highest BCUT2D eigenvalue weighted by molar-refractivity contribution is 6.40. The number of nitrogens with zero attached hydrogens (tertiary/aromatic N) is 1. The van der Waals surface area contributed by atoms with Crippen molar-refractivity contribution in [2.24, 2.45) is 0 Å². The number of hydrogen-bond acceptors (Lipinski definition) is 5. The first-order chi connectivity index (χ1) is 16.6. The number of nitrogens with one attached hydrogen (secondary N) is 3. The number of rotatable bonds is 5. The van der Waals surface area contributed by atoms with Crippen LogP contribution in [0.25, 0.3) is 0 Å². The summed E-state index contributed by atoms with van der Waals surface area (Å²) in [5, 5.41) is 15.3. The Labute approximate surface area is 200 Å². The van der Waals surface area contributed by atoms with Crippen molar-refractivity contribution in [3.8, 4) is 11.8 Å². The average molecular weight is 510 g/mol. The Kier molecular flexibility index (Phi) is 6.92. The van der Waals surface area contributed by atoms with Gasteiger partial charge in [0.1, 0.15) is 19.1 Å². The van der Waals surface area contributed by atoms with Crippen LogP contribution in [0.3, 0.4) is 0 Å². The van der Waals surface area contributed by atoms with E-state index in [1.807, 2.05) is 11.4 Å². The van der Waals surface area contributed by atoms with Crippen LogP contribution in [0.4, 0.5) is 37.7 Å². The SMILES string of the molecule is [B]c1cc(OC(F)(F)F)cc(C(F)(F)F)c1NC(=O)c1cccc(NC(=O)C(=O)NC2(C#N)CC2)c1. The molecule has 36 heavy (non-hydrogen) atoms. The number of alkyl halides is 6. The summed E-state index contributed by atoms with van der Waals surface area (Å²) in [4.78, 5) is 36.6. The highest BCUT2D eigenvalue weighted by Gasteiger charge is 2.45. The fraction of sp³-hybridized carbons (Fsp3) is 0.238. The molecule has 186 valence electrons. The quantitative estimate of drug-likeness (QED) is 0.325. The standard InChI is InChI=1S/C21H13BF6N4O4/c22-14-8-12(36-21(26,27)28)7-13(20(23,24)25)15(14)31-16(33)10-2-1-3-11(6-10)30-17(34)18(35)32-19(9-29)4-5-19/h1-3,6-8H,4-5H2,(H,30,34)(H,31,33)(H,32,35). The van der Waals surface area contributed by atoms with E-state index in [0.717, 1.165) is 12.1 Å². The van der Waals surface area contributed by atoms with Crippen molar-refractivity contribution in [1.29, 1.82) is 5.26 Å². The molecule has 2 aromatic carbocycles. The van der Waals surface area contributed by atoms with E-state index in [0.29, 0.717) is 18.9 Å².